The predicted octanol–water partition coefficient (Wildman–Crippen LogP) is 1.86. The molecule has 2 heteroatoms. The summed E-state index contributed by atoms with van der Waals surface area (Å²) in [4.78, 5) is 0. The highest BCUT2D eigenvalue weighted by Crippen LogP contribution is 2.50. The fourth-order valence-corrected chi connectivity index (χ4v) is 1.52. The summed E-state index contributed by atoms with van der Waals surface area (Å²) in [7, 11) is 0. The third kappa shape index (κ3) is 1.94. The Kier molecular flexibility index (Phi) is 1.75. The molecule has 0 aromatic heterocycles. The molecule has 1 rings (SSSR count). The molecule has 0 aromatic rings. The molecule has 0 atom stereocenters. The van der Waals surface area contributed by atoms with Gasteiger partial charge in [-0.05, 0) is 45.1 Å². The Hall–Kier alpha value is -0.110. The Bertz CT molecular complexity index is 122. The summed E-state index contributed by atoms with van der Waals surface area (Å²) in [5, 5.41) is 0. The summed E-state index contributed by atoms with van der Waals surface area (Å²) >= 11 is 0. The van der Waals surface area contributed by atoms with Gasteiger partial charge in [-0.25, -0.2) is 4.39 Å². The average Bonchev–Trinajstić information content (AvgIpc) is 2.45. The van der Waals surface area contributed by atoms with Crippen LogP contribution in [0.15, 0.2) is 0 Å². The molecule has 1 nitrogen and oxygen atoms in total. The summed E-state index contributed by atoms with van der Waals surface area (Å²) in [5.41, 5.74) is 4.66. The van der Waals surface area contributed by atoms with Crippen molar-refractivity contribution in [2.45, 2.75) is 38.8 Å². The standard InChI is InChI=1S/C8H16FN/c1-7(2,9)5-8(6-10)3-4-8/h3-6,10H2,1-2H3. The number of hydrogen-bond acceptors (Lipinski definition) is 1. The minimum absolute atomic E-state index is 0.179. The Morgan fingerprint density at radius 1 is 1.50 bits per heavy atom. The number of rotatable bonds is 3. The van der Waals surface area contributed by atoms with E-state index in [0.29, 0.717) is 13.0 Å². The van der Waals surface area contributed by atoms with E-state index in [0.717, 1.165) is 12.8 Å². The van der Waals surface area contributed by atoms with Crippen molar-refractivity contribution in [1.29, 1.82) is 0 Å². The molecule has 0 aliphatic heterocycles. The Labute approximate surface area is 61.8 Å². The monoisotopic (exact) mass is 145 g/mol. The molecule has 1 aliphatic carbocycles. The van der Waals surface area contributed by atoms with Gasteiger partial charge in [0.1, 0.15) is 5.67 Å². The number of hydrogen-bond donors (Lipinski definition) is 1. The van der Waals surface area contributed by atoms with Crippen LogP contribution in [0.4, 0.5) is 4.39 Å². The van der Waals surface area contributed by atoms with Crippen molar-refractivity contribution in [1.82, 2.24) is 0 Å². The lowest BCUT2D eigenvalue weighted by Crippen LogP contribution is -2.25. The van der Waals surface area contributed by atoms with E-state index in [1.54, 1.807) is 13.8 Å². The average molecular weight is 145 g/mol. The molecule has 0 spiro atoms. The van der Waals surface area contributed by atoms with Crippen LogP contribution in [0.25, 0.3) is 0 Å². The van der Waals surface area contributed by atoms with Gasteiger partial charge in [0, 0.05) is 0 Å². The quantitative estimate of drug-likeness (QED) is 0.644. The van der Waals surface area contributed by atoms with Crippen molar-refractivity contribution in [3.05, 3.63) is 0 Å². The van der Waals surface area contributed by atoms with Crippen LogP contribution in [-0.4, -0.2) is 12.2 Å². The highest BCUT2D eigenvalue weighted by atomic mass is 19.1. The summed E-state index contributed by atoms with van der Waals surface area (Å²) in [6, 6.07) is 0. The maximum Gasteiger partial charge on any atom is 0.106 e. The molecule has 1 aliphatic rings. The maximum atomic E-state index is 13.1. The van der Waals surface area contributed by atoms with Gasteiger partial charge in [0.05, 0.1) is 0 Å². The van der Waals surface area contributed by atoms with Gasteiger partial charge in [0.2, 0.25) is 0 Å². The fraction of sp³-hybridized carbons (Fsp3) is 1.00. The van der Waals surface area contributed by atoms with Crippen LogP contribution in [0, 0.1) is 5.41 Å². The van der Waals surface area contributed by atoms with Crippen LogP contribution in [0.1, 0.15) is 33.1 Å². The van der Waals surface area contributed by atoms with Crippen molar-refractivity contribution in [2.75, 3.05) is 6.54 Å². The van der Waals surface area contributed by atoms with E-state index >= 15 is 0 Å². The van der Waals surface area contributed by atoms with Crippen molar-refractivity contribution in [2.24, 2.45) is 11.1 Å². The first-order chi connectivity index (χ1) is 4.47. The van der Waals surface area contributed by atoms with E-state index in [4.69, 9.17) is 5.73 Å². The molecular formula is C8H16FN. The van der Waals surface area contributed by atoms with E-state index < -0.39 is 5.67 Å². The van der Waals surface area contributed by atoms with Gasteiger partial charge in [0.15, 0.2) is 0 Å². The van der Waals surface area contributed by atoms with Gasteiger partial charge in [-0.1, -0.05) is 0 Å². The molecule has 0 heterocycles. The maximum absolute atomic E-state index is 13.1. The fourth-order valence-electron chi connectivity index (χ4n) is 1.52. The lowest BCUT2D eigenvalue weighted by molar-refractivity contribution is 0.162. The van der Waals surface area contributed by atoms with Gasteiger partial charge in [-0.2, -0.15) is 0 Å². The van der Waals surface area contributed by atoms with Crippen molar-refractivity contribution < 1.29 is 4.39 Å². The minimum atomic E-state index is -1.03. The van der Waals surface area contributed by atoms with E-state index in [-0.39, 0.29) is 5.41 Å². The zero-order valence-electron chi connectivity index (χ0n) is 6.78. The second-order valence-electron chi connectivity index (χ2n) is 4.10. The van der Waals surface area contributed by atoms with Crippen molar-refractivity contribution >= 4 is 0 Å². The lowest BCUT2D eigenvalue weighted by Gasteiger charge is -2.20. The Morgan fingerprint density at radius 2 is 2.00 bits per heavy atom. The zero-order chi connectivity index (χ0) is 7.83. The molecule has 1 saturated carbocycles. The predicted molar refractivity (Wildman–Crippen MR) is 40.5 cm³/mol. The first kappa shape index (κ1) is 7.99. The minimum Gasteiger partial charge on any atom is -0.330 e. The van der Waals surface area contributed by atoms with Crippen LogP contribution >= 0.6 is 0 Å². The van der Waals surface area contributed by atoms with Crippen LogP contribution in [0.2, 0.25) is 0 Å². The molecule has 0 bridgehead atoms. The molecular weight excluding hydrogens is 129 g/mol. The topological polar surface area (TPSA) is 26.0 Å². The van der Waals surface area contributed by atoms with E-state index in [2.05, 4.69) is 0 Å². The molecule has 10 heavy (non-hydrogen) atoms. The largest absolute Gasteiger partial charge is 0.330 e. The molecule has 0 aromatic carbocycles. The molecule has 0 radical (unpaired) electrons. The number of alkyl halides is 1. The second-order valence-corrected chi connectivity index (χ2v) is 4.10. The molecule has 0 amide bonds. The van der Waals surface area contributed by atoms with E-state index in [1.807, 2.05) is 0 Å². The summed E-state index contributed by atoms with van der Waals surface area (Å²) in [5.74, 6) is 0. The Balaban J connectivity index is 2.38. The molecule has 0 unspecified atom stereocenters. The summed E-state index contributed by atoms with van der Waals surface area (Å²) in [6.45, 7) is 3.91. The van der Waals surface area contributed by atoms with Gasteiger partial charge < -0.3 is 5.73 Å². The SMILES string of the molecule is CC(C)(F)CC1(CN)CC1. The van der Waals surface area contributed by atoms with Crippen LogP contribution in [0.3, 0.4) is 0 Å². The van der Waals surface area contributed by atoms with Crippen molar-refractivity contribution in [3.8, 4) is 0 Å². The summed E-state index contributed by atoms with van der Waals surface area (Å²) < 4.78 is 13.1. The lowest BCUT2D eigenvalue weighted by atomic mass is 9.92. The zero-order valence-corrected chi connectivity index (χ0v) is 6.78. The number of halogens is 1. The first-order valence-corrected chi connectivity index (χ1v) is 3.86. The molecule has 60 valence electrons. The third-order valence-electron chi connectivity index (χ3n) is 2.19. The normalized spacial score (nSPS) is 22.8. The van der Waals surface area contributed by atoms with Gasteiger partial charge in [-0.15, -0.1) is 0 Å². The highest BCUT2D eigenvalue weighted by molar-refractivity contribution is 4.97. The van der Waals surface area contributed by atoms with E-state index in [9.17, 15) is 4.39 Å². The molecule has 0 saturated heterocycles. The molecule has 2 N–H and O–H groups in total. The van der Waals surface area contributed by atoms with Gasteiger partial charge in [-0.3, -0.25) is 0 Å². The van der Waals surface area contributed by atoms with Gasteiger partial charge >= 0.3 is 0 Å². The smallest absolute Gasteiger partial charge is 0.106 e. The summed E-state index contributed by atoms with van der Waals surface area (Å²) in [6.07, 6.45) is 2.88. The first-order valence-electron chi connectivity index (χ1n) is 3.86. The van der Waals surface area contributed by atoms with Gasteiger partial charge in [0.25, 0.3) is 0 Å². The Morgan fingerprint density at radius 3 is 2.10 bits per heavy atom. The third-order valence-corrected chi connectivity index (χ3v) is 2.19. The van der Waals surface area contributed by atoms with Crippen LogP contribution in [-0.2, 0) is 0 Å². The highest BCUT2D eigenvalue weighted by Gasteiger charge is 2.45. The van der Waals surface area contributed by atoms with Crippen LogP contribution in [0.5, 0.6) is 0 Å². The van der Waals surface area contributed by atoms with Crippen molar-refractivity contribution in [3.63, 3.8) is 0 Å². The van der Waals surface area contributed by atoms with Crippen LogP contribution < -0.4 is 5.73 Å². The molecule has 1 fully saturated rings. The number of nitrogens with two attached hydrogens (primary N) is 1. The second kappa shape index (κ2) is 2.19. The van der Waals surface area contributed by atoms with E-state index in [1.165, 1.54) is 0 Å².